The summed E-state index contributed by atoms with van der Waals surface area (Å²) in [4.78, 5) is 20.6. The van der Waals surface area contributed by atoms with Crippen LogP contribution in [0.3, 0.4) is 0 Å². The third kappa shape index (κ3) is 4.25. The van der Waals surface area contributed by atoms with E-state index in [9.17, 15) is 10.1 Å². The zero-order valence-electron chi connectivity index (χ0n) is 13.2. The number of rotatable bonds is 7. The molecule has 0 amide bonds. The maximum Gasteiger partial charge on any atom is 0.433 e. The van der Waals surface area contributed by atoms with Gasteiger partial charge in [-0.15, -0.1) is 0 Å². The van der Waals surface area contributed by atoms with E-state index >= 15 is 0 Å². The number of furan rings is 1. The lowest BCUT2D eigenvalue weighted by molar-refractivity contribution is -0.401. The SMILES string of the molecule is CCN(C=NNc1cc(C)nc(-c2ccc([N+](=O)[O-])o2)n1)CC. The van der Waals surface area contributed by atoms with Crippen molar-refractivity contribution in [3.8, 4) is 11.6 Å². The Bertz CT molecular complexity index is 708. The molecule has 9 heteroatoms. The summed E-state index contributed by atoms with van der Waals surface area (Å²) in [6.07, 6.45) is 1.69. The van der Waals surface area contributed by atoms with Gasteiger partial charge < -0.3 is 9.32 Å². The van der Waals surface area contributed by atoms with Gasteiger partial charge >= 0.3 is 5.88 Å². The maximum absolute atomic E-state index is 10.7. The molecule has 0 aliphatic rings. The summed E-state index contributed by atoms with van der Waals surface area (Å²) >= 11 is 0. The van der Waals surface area contributed by atoms with Crippen LogP contribution < -0.4 is 5.43 Å². The number of nitro groups is 1. The molecule has 0 aliphatic carbocycles. The number of anilines is 1. The first-order valence-electron chi connectivity index (χ1n) is 7.17. The van der Waals surface area contributed by atoms with Crippen LogP contribution in [0.2, 0.25) is 0 Å². The van der Waals surface area contributed by atoms with Crippen LogP contribution >= 0.6 is 0 Å². The predicted molar refractivity (Wildman–Crippen MR) is 86.2 cm³/mol. The van der Waals surface area contributed by atoms with Crippen LogP contribution in [0.5, 0.6) is 0 Å². The van der Waals surface area contributed by atoms with E-state index in [1.807, 2.05) is 18.7 Å². The van der Waals surface area contributed by atoms with E-state index in [4.69, 9.17) is 4.42 Å². The first-order valence-corrected chi connectivity index (χ1v) is 7.17. The highest BCUT2D eigenvalue weighted by Crippen LogP contribution is 2.24. The molecular weight excluding hydrogens is 300 g/mol. The van der Waals surface area contributed by atoms with Gasteiger partial charge in [0.2, 0.25) is 0 Å². The van der Waals surface area contributed by atoms with Crippen LogP contribution in [-0.4, -0.2) is 39.2 Å². The molecule has 23 heavy (non-hydrogen) atoms. The van der Waals surface area contributed by atoms with Gasteiger partial charge in [-0.05, 0) is 26.8 Å². The van der Waals surface area contributed by atoms with Crippen molar-refractivity contribution in [2.75, 3.05) is 18.5 Å². The standard InChI is InChI=1S/C14H18N6O3/c1-4-19(5-2)9-15-18-12-8-10(3)16-14(17-12)11-6-7-13(23-11)20(21)22/h6-9H,4-5H2,1-3H3,(H,16,17,18). The quantitative estimate of drug-likeness (QED) is 0.361. The van der Waals surface area contributed by atoms with Crippen LogP contribution in [0.15, 0.2) is 27.7 Å². The number of hydrogen-bond donors (Lipinski definition) is 1. The highest BCUT2D eigenvalue weighted by atomic mass is 16.6. The molecule has 0 saturated carbocycles. The number of aryl methyl sites for hydroxylation is 1. The molecule has 2 aromatic heterocycles. The van der Waals surface area contributed by atoms with Gasteiger partial charge in [0.15, 0.2) is 17.4 Å². The van der Waals surface area contributed by atoms with Gasteiger partial charge in [-0.2, -0.15) is 5.10 Å². The second-order valence-electron chi connectivity index (χ2n) is 4.69. The molecule has 0 spiro atoms. The minimum Gasteiger partial charge on any atom is -0.397 e. The lowest BCUT2D eigenvalue weighted by Gasteiger charge is -2.13. The van der Waals surface area contributed by atoms with Gasteiger partial charge in [0.05, 0.1) is 6.07 Å². The molecule has 2 heterocycles. The second kappa shape index (κ2) is 7.34. The van der Waals surface area contributed by atoms with Gasteiger partial charge in [0.1, 0.15) is 11.3 Å². The molecule has 2 aromatic rings. The van der Waals surface area contributed by atoms with Crippen molar-refractivity contribution in [1.29, 1.82) is 0 Å². The maximum atomic E-state index is 10.7. The molecule has 1 N–H and O–H groups in total. The average Bonchev–Trinajstić information content (AvgIpc) is 3.01. The Morgan fingerprint density at radius 3 is 2.74 bits per heavy atom. The summed E-state index contributed by atoms with van der Waals surface area (Å²) in [6, 6.07) is 4.46. The predicted octanol–water partition coefficient (Wildman–Crippen LogP) is 2.65. The molecule has 0 fully saturated rings. The summed E-state index contributed by atoms with van der Waals surface area (Å²) in [5.41, 5.74) is 3.51. The Hall–Kier alpha value is -2.97. The van der Waals surface area contributed by atoms with Crippen molar-refractivity contribution in [3.05, 3.63) is 34.0 Å². The van der Waals surface area contributed by atoms with Crippen LogP contribution in [0.1, 0.15) is 19.5 Å². The summed E-state index contributed by atoms with van der Waals surface area (Å²) in [5, 5.41) is 14.8. The first kappa shape index (κ1) is 16.4. The zero-order valence-corrected chi connectivity index (χ0v) is 13.2. The molecule has 0 aliphatic heterocycles. The van der Waals surface area contributed by atoms with Gasteiger partial charge in [-0.1, -0.05) is 0 Å². The van der Waals surface area contributed by atoms with E-state index in [1.165, 1.54) is 12.1 Å². The molecule has 0 bridgehead atoms. The first-order chi connectivity index (χ1) is 11.0. The molecule has 0 unspecified atom stereocenters. The topological polar surface area (TPSA) is 110 Å². The van der Waals surface area contributed by atoms with Crippen molar-refractivity contribution in [2.45, 2.75) is 20.8 Å². The molecule has 9 nitrogen and oxygen atoms in total. The fourth-order valence-corrected chi connectivity index (χ4v) is 1.85. The van der Waals surface area contributed by atoms with E-state index in [0.29, 0.717) is 11.5 Å². The van der Waals surface area contributed by atoms with Crippen molar-refractivity contribution in [2.24, 2.45) is 5.10 Å². The minimum atomic E-state index is -0.604. The van der Waals surface area contributed by atoms with Gasteiger partial charge in [-0.25, -0.2) is 9.97 Å². The van der Waals surface area contributed by atoms with Crippen LogP contribution in [0.25, 0.3) is 11.6 Å². The molecule has 122 valence electrons. The Morgan fingerprint density at radius 2 is 2.13 bits per heavy atom. The van der Waals surface area contributed by atoms with Crippen molar-refractivity contribution < 1.29 is 9.34 Å². The summed E-state index contributed by atoms with van der Waals surface area (Å²) in [7, 11) is 0. The summed E-state index contributed by atoms with van der Waals surface area (Å²) in [5.74, 6) is 0.629. The molecule has 0 radical (unpaired) electrons. The summed E-state index contributed by atoms with van der Waals surface area (Å²) < 4.78 is 5.12. The van der Waals surface area contributed by atoms with Crippen molar-refractivity contribution >= 4 is 18.0 Å². The van der Waals surface area contributed by atoms with E-state index in [0.717, 1.165) is 13.1 Å². The number of hydrazone groups is 1. The monoisotopic (exact) mass is 318 g/mol. The molecular formula is C14H18N6O3. The van der Waals surface area contributed by atoms with E-state index in [1.54, 1.807) is 19.3 Å². The number of hydrogen-bond acceptors (Lipinski definition) is 7. The highest BCUT2D eigenvalue weighted by Gasteiger charge is 2.15. The fraction of sp³-hybridized carbons (Fsp3) is 0.357. The zero-order chi connectivity index (χ0) is 16.8. The third-order valence-electron chi connectivity index (χ3n) is 3.06. The Kier molecular flexibility index (Phi) is 5.23. The molecule has 0 atom stereocenters. The molecule has 0 saturated heterocycles. The summed E-state index contributed by atoms with van der Waals surface area (Å²) in [6.45, 7) is 7.57. The fourth-order valence-electron chi connectivity index (χ4n) is 1.85. The van der Waals surface area contributed by atoms with Crippen molar-refractivity contribution in [3.63, 3.8) is 0 Å². The van der Waals surface area contributed by atoms with Gasteiger partial charge in [0.25, 0.3) is 0 Å². The smallest absolute Gasteiger partial charge is 0.397 e. The minimum absolute atomic E-state index is 0.233. The second-order valence-corrected chi connectivity index (χ2v) is 4.69. The van der Waals surface area contributed by atoms with Crippen LogP contribution in [0.4, 0.5) is 11.7 Å². The number of nitrogens with one attached hydrogen (secondary N) is 1. The Labute approximate surface area is 133 Å². The number of aromatic nitrogens is 2. The van der Waals surface area contributed by atoms with E-state index < -0.39 is 4.92 Å². The largest absolute Gasteiger partial charge is 0.433 e. The van der Waals surface area contributed by atoms with Gasteiger partial charge in [0, 0.05) is 24.8 Å². The lowest BCUT2D eigenvalue weighted by Crippen LogP contribution is -2.21. The Balaban J connectivity index is 2.19. The van der Waals surface area contributed by atoms with Crippen LogP contribution in [-0.2, 0) is 0 Å². The molecule has 0 aromatic carbocycles. The highest BCUT2D eigenvalue weighted by molar-refractivity contribution is 5.58. The van der Waals surface area contributed by atoms with Crippen molar-refractivity contribution in [1.82, 2.24) is 14.9 Å². The Morgan fingerprint density at radius 1 is 1.39 bits per heavy atom. The normalized spacial score (nSPS) is 10.9. The average molecular weight is 318 g/mol. The van der Waals surface area contributed by atoms with Gasteiger partial charge in [-0.3, -0.25) is 15.5 Å². The molecule has 2 rings (SSSR count). The third-order valence-corrected chi connectivity index (χ3v) is 3.06. The van der Waals surface area contributed by atoms with E-state index in [2.05, 4.69) is 20.5 Å². The van der Waals surface area contributed by atoms with E-state index in [-0.39, 0.29) is 17.5 Å². The number of nitrogens with zero attached hydrogens (tertiary/aromatic N) is 5. The lowest BCUT2D eigenvalue weighted by atomic mass is 10.3. The van der Waals surface area contributed by atoms with Crippen LogP contribution in [0, 0.1) is 17.0 Å².